The summed E-state index contributed by atoms with van der Waals surface area (Å²) in [6.07, 6.45) is 0. The van der Waals surface area contributed by atoms with Crippen LogP contribution in [0, 0.1) is 11.6 Å². The molecule has 2 heterocycles. The van der Waals surface area contributed by atoms with Crippen LogP contribution in [-0.2, 0) is 12.1 Å². The lowest BCUT2D eigenvalue weighted by Crippen LogP contribution is -2.45. The maximum atomic E-state index is 13.6. The summed E-state index contributed by atoms with van der Waals surface area (Å²) in [5.41, 5.74) is 1.88. The van der Waals surface area contributed by atoms with Gasteiger partial charge in [0.1, 0.15) is 29.0 Å². The Bertz CT molecular complexity index is 945. The second-order valence-electron chi connectivity index (χ2n) is 6.98. The van der Waals surface area contributed by atoms with Gasteiger partial charge in [0.05, 0.1) is 5.54 Å². The number of hydrogen-bond acceptors (Lipinski definition) is 3. The first kappa shape index (κ1) is 16.7. The Balaban J connectivity index is 1.87. The maximum absolute atomic E-state index is 13.6. The smallest absolute Gasteiger partial charge is 0.138 e. The van der Waals surface area contributed by atoms with Gasteiger partial charge in [-0.2, -0.15) is 0 Å². The molecule has 0 atom stereocenters. The summed E-state index contributed by atoms with van der Waals surface area (Å²) in [7, 11) is 0. The Kier molecular flexibility index (Phi) is 4.00. The zero-order valence-electron chi connectivity index (χ0n) is 14.7. The van der Waals surface area contributed by atoms with E-state index in [9.17, 15) is 8.78 Å². The normalized spacial score (nSPS) is 15.5. The molecule has 0 fully saturated rings. The number of fused-ring (bicyclic) bond motifs is 1. The predicted octanol–water partition coefficient (Wildman–Crippen LogP) is 4.41. The molecule has 4 nitrogen and oxygen atoms in total. The lowest BCUT2D eigenvalue weighted by atomic mass is 10.0. The van der Waals surface area contributed by atoms with Gasteiger partial charge in [0.15, 0.2) is 0 Å². The molecule has 2 N–H and O–H groups in total. The van der Waals surface area contributed by atoms with Crippen molar-refractivity contribution in [2.45, 2.75) is 25.9 Å². The molecule has 26 heavy (non-hydrogen) atoms. The van der Waals surface area contributed by atoms with E-state index < -0.39 is 0 Å². The van der Waals surface area contributed by atoms with Crippen molar-refractivity contribution >= 4 is 11.5 Å². The van der Waals surface area contributed by atoms with Gasteiger partial charge in [0.2, 0.25) is 0 Å². The average Bonchev–Trinajstić information content (AvgIpc) is 2.96. The standard InChI is InChI=1S/C20H20F2N4/c1-20(2)19-25-17(13-6-8-14(21)9-7-13)18(26(19)11-10-23-20)24-16-5-3-4-15(22)12-16/h3-9,12,23-24H,10-11H2,1-2H3. The molecule has 1 aliphatic rings. The van der Waals surface area contributed by atoms with E-state index in [0.717, 1.165) is 36.0 Å². The highest BCUT2D eigenvalue weighted by Gasteiger charge is 2.33. The first-order valence-corrected chi connectivity index (χ1v) is 8.58. The van der Waals surface area contributed by atoms with Gasteiger partial charge in [-0.1, -0.05) is 6.07 Å². The molecule has 1 aromatic heterocycles. The summed E-state index contributed by atoms with van der Waals surface area (Å²) < 4.78 is 29.1. The number of nitrogens with zero attached hydrogens (tertiary/aromatic N) is 2. The second-order valence-corrected chi connectivity index (χ2v) is 6.98. The summed E-state index contributed by atoms with van der Waals surface area (Å²) in [6.45, 7) is 5.69. The molecule has 2 aromatic carbocycles. The zero-order chi connectivity index (χ0) is 18.3. The minimum atomic E-state index is -0.307. The number of nitrogens with one attached hydrogen (secondary N) is 2. The Morgan fingerprint density at radius 3 is 2.58 bits per heavy atom. The summed E-state index contributed by atoms with van der Waals surface area (Å²) >= 11 is 0. The van der Waals surface area contributed by atoms with Crippen molar-refractivity contribution in [1.29, 1.82) is 0 Å². The fraction of sp³-hybridized carbons (Fsp3) is 0.250. The third kappa shape index (κ3) is 2.97. The van der Waals surface area contributed by atoms with Crippen LogP contribution in [0.15, 0.2) is 48.5 Å². The van der Waals surface area contributed by atoms with Gasteiger partial charge in [-0.15, -0.1) is 0 Å². The number of hydrogen-bond donors (Lipinski definition) is 2. The van der Waals surface area contributed by atoms with E-state index in [1.54, 1.807) is 18.2 Å². The Morgan fingerprint density at radius 2 is 1.85 bits per heavy atom. The lowest BCUT2D eigenvalue weighted by Gasteiger charge is -2.32. The summed E-state index contributed by atoms with van der Waals surface area (Å²) in [6, 6.07) is 12.6. The van der Waals surface area contributed by atoms with Crippen molar-refractivity contribution in [2.24, 2.45) is 0 Å². The van der Waals surface area contributed by atoms with Crippen LogP contribution in [0.25, 0.3) is 11.3 Å². The molecule has 134 valence electrons. The van der Waals surface area contributed by atoms with Gasteiger partial charge >= 0.3 is 0 Å². The third-order valence-electron chi connectivity index (χ3n) is 4.63. The van der Waals surface area contributed by atoms with E-state index in [1.165, 1.54) is 24.3 Å². The fourth-order valence-corrected chi connectivity index (χ4v) is 3.35. The van der Waals surface area contributed by atoms with Crippen LogP contribution < -0.4 is 10.6 Å². The molecule has 0 bridgehead atoms. The Hall–Kier alpha value is -2.73. The lowest BCUT2D eigenvalue weighted by molar-refractivity contribution is 0.317. The van der Waals surface area contributed by atoms with Crippen molar-refractivity contribution in [1.82, 2.24) is 14.9 Å². The van der Waals surface area contributed by atoms with E-state index in [1.807, 2.05) is 6.07 Å². The quantitative estimate of drug-likeness (QED) is 0.732. The maximum Gasteiger partial charge on any atom is 0.138 e. The topological polar surface area (TPSA) is 41.9 Å². The van der Waals surface area contributed by atoms with Crippen LogP contribution in [0.4, 0.5) is 20.3 Å². The van der Waals surface area contributed by atoms with Crippen molar-refractivity contribution in [3.8, 4) is 11.3 Å². The van der Waals surface area contributed by atoms with Gasteiger partial charge in [-0.3, -0.25) is 0 Å². The zero-order valence-corrected chi connectivity index (χ0v) is 14.7. The molecule has 0 aliphatic carbocycles. The van der Waals surface area contributed by atoms with Gasteiger partial charge in [-0.25, -0.2) is 13.8 Å². The number of anilines is 2. The SMILES string of the molecule is CC1(C)NCCn2c1nc(-c1ccc(F)cc1)c2Nc1cccc(F)c1. The van der Waals surface area contributed by atoms with Crippen molar-refractivity contribution in [3.05, 3.63) is 66.0 Å². The molecule has 0 spiro atoms. The molecule has 0 saturated heterocycles. The van der Waals surface area contributed by atoms with E-state index in [2.05, 4.69) is 29.0 Å². The first-order chi connectivity index (χ1) is 12.4. The molecule has 0 saturated carbocycles. The average molecular weight is 354 g/mol. The van der Waals surface area contributed by atoms with Crippen LogP contribution in [0.5, 0.6) is 0 Å². The van der Waals surface area contributed by atoms with Gasteiger partial charge < -0.3 is 15.2 Å². The monoisotopic (exact) mass is 354 g/mol. The summed E-state index contributed by atoms with van der Waals surface area (Å²) in [4.78, 5) is 4.84. The molecular formula is C20H20F2N4. The molecule has 0 radical (unpaired) electrons. The minimum absolute atomic E-state index is 0.292. The van der Waals surface area contributed by atoms with E-state index in [0.29, 0.717) is 5.69 Å². The highest BCUT2D eigenvalue weighted by molar-refractivity contribution is 5.76. The molecule has 0 amide bonds. The highest BCUT2D eigenvalue weighted by Crippen LogP contribution is 2.36. The number of benzene rings is 2. The van der Waals surface area contributed by atoms with Gasteiger partial charge in [0.25, 0.3) is 0 Å². The van der Waals surface area contributed by atoms with Crippen LogP contribution in [0.1, 0.15) is 19.7 Å². The molecule has 3 aromatic rings. The van der Waals surface area contributed by atoms with E-state index in [4.69, 9.17) is 4.98 Å². The summed E-state index contributed by atoms with van der Waals surface area (Å²) in [5, 5.41) is 6.77. The predicted molar refractivity (Wildman–Crippen MR) is 98.3 cm³/mol. The summed E-state index contributed by atoms with van der Waals surface area (Å²) in [5.74, 6) is 1.08. The van der Waals surface area contributed by atoms with Crippen LogP contribution in [0.2, 0.25) is 0 Å². The third-order valence-corrected chi connectivity index (χ3v) is 4.63. The Labute approximate surface area is 150 Å². The second kappa shape index (κ2) is 6.21. The van der Waals surface area contributed by atoms with Crippen molar-refractivity contribution in [3.63, 3.8) is 0 Å². The first-order valence-electron chi connectivity index (χ1n) is 8.58. The van der Waals surface area contributed by atoms with E-state index >= 15 is 0 Å². The molecule has 6 heteroatoms. The van der Waals surface area contributed by atoms with Crippen molar-refractivity contribution in [2.75, 3.05) is 11.9 Å². The molecule has 1 aliphatic heterocycles. The van der Waals surface area contributed by atoms with E-state index in [-0.39, 0.29) is 17.2 Å². The molecule has 4 rings (SSSR count). The Morgan fingerprint density at radius 1 is 1.08 bits per heavy atom. The number of rotatable bonds is 3. The van der Waals surface area contributed by atoms with Crippen LogP contribution >= 0.6 is 0 Å². The molecular weight excluding hydrogens is 334 g/mol. The van der Waals surface area contributed by atoms with Crippen LogP contribution in [0.3, 0.4) is 0 Å². The molecule has 0 unspecified atom stereocenters. The highest BCUT2D eigenvalue weighted by atomic mass is 19.1. The number of halogens is 2. The van der Waals surface area contributed by atoms with Crippen LogP contribution in [-0.4, -0.2) is 16.1 Å². The van der Waals surface area contributed by atoms with Crippen molar-refractivity contribution < 1.29 is 8.78 Å². The van der Waals surface area contributed by atoms with Gasteiger partial charge in [0, 0.05) is 24.3 Å². The largest absolute Gasteiger partial charge is 0.340 e. The fourth-order valence-electron chi connectivity index (χ4n) is 3.35. The minimum Gasteiger partial charge on any atom is -0.340 e. The number of aromatic nitrogens is 2. The number of imidazole rings is 1. The van der Waals surface area contributed by atoms with Gasteiger partial charge in [-0.05, 0) is 56.3 Å².